The zero-order chi connectivity index (χ0) is 14.8. The van der Waals surface area contributed by atoms with Crippen LogP contribution in [0.3, 0.4) is 0 Å². The van der Waals surface area contributed by atoms with Gasteiger partial charge in [-0.05, 0) is 23.6 Å². The molecule has 0 saturated carbocycles. The van der Waals surface area contributed by atoms with Crippen molar-refractivity contribution in [3.63, 3.8) is 0 Å². The summed E-state index contributed by atoms with van der Waals surface area (Å²) in [6.07, 6.45) is 5.52. The fraction of sp³-hybridized carbons (Fsp3) is 0.176. The molecule has 4 nitrogen and oxygen atoms in total. The molecule has 4 heteroatoms. The van der Waals surface area contributed by atoms with Gasteiger partial charge in [-0.15, -0.1) is 0 Å². The molecule has 104 valence electrons. The van der Waals surface area contributed by atoms with Crippen LogP contribution in [0.5, 0.6) is 0 Å². The number of hydrogen-bond donors (Lipinski definition) is 0. The first-order valence-electron chi connectivity index (χ1n) is 6.86. The van der Waals surface area contributed by atoms with Gasteiger partial charge in [-0.25, -0.2) is 9.97 Å². The molecule has 0 aliphatic heterocycles. The zero-order valence-electron chi connectivity index (χ0n) is 11.7. The standard InChI is InChI=1S/C17H14N2O2/c1-2-11-3-5-12(6-4-11)7-13-8-15(20)16-14(17(13)21)9-18-10-19-16/h3-6,8-10H,2,7H2,1H3. The van der Waals surface area contributed by atoms with Crippen molar-refractivity contribution in [2.24, 2.45) is 0 Å². The molecule has 1 aliphatic carbocycles. The van der Waals surface area contributed by atoms with E-state index in [4.69, 9.17) is 0 Å². The van der Waals surface area contributed by atoms with E-state index < -0.39 is 0 Å². The summed E-state index contributed by atoms with van der Waals surface area (Å²) in [6, 6.07) is 8.08. The molecule has 1 aromatic heterocycles. The Morgan fingerprint density at radius 1 is 1.05 bits per heavy atom. The SMILES string of the molecule is CCc1ccc(CC2=CC(=O)c3ncncc3C2=O)cc1. The van der Waals surface area contributed by atoms with Crippen molar-refractivity contribution in [3.05, 3.63) is 70.8 Å². The fourth-order valence-corrected chi connectivity index (χ4v) is 2.40. The summed E-state index contributed by atoms with van der Waals surface area (Å²) in [5.74, 6) is -0.392. The molecule has 2 aromatic rings. The van der Waals surface area contributed by atoms with E-state index in [0.29, 0.717) is 17.6 Å². The lowest BCUT2D eigenvalue weighted by Gasteiger charge is -2.13. The van der Waals surface area contributed by atoms with Crippen molar-refractivity contribution in [1.82, 2.24) is 9.97 Å². The minimum atomic E-state index is -0.229. The van der Waals surface area contributed by atoms with Crippen LogP contribution in [0.15, 0.2) is 48.4 Å². The molecule has 0 atom stereocenters. The van der Waals surface area contributed by atoms with Crippen molar-refractivity contribution in [2.75, 3.05) is 0 Å². The molecule has 0 radical (unpaired) electrons. The van der Waals surface area contributed by atoms with Gasteiger partial charge < -0.3 is 0 Å². The quantitative estimate of drug-likeness (QED) is 0.865. The van der Waals surface area contributed by atoms with Crippen molar-refractivity contribution < 1.29 is 9.59 Å². The van der Waals surface area contributed by atoms with Gasteiger partial charge in [0.1, 0.15) is 12.0 Å². The van der Waals surface area contributed by atoms with Gasteiger partial charge in [0.15, 0.2) is 5.78 Å². The molecule has 1 heterocycles. The number of fused-ring (bicyclic) bond motifs is 1. The smallest absolute Gasteiger partial charge is 0.205 e. The minimum Gasteiger partial charge on any atom is -0.289 e. The Hall–Kier alpha value is -2.62. The van der Waals surface area contributed by atoms with Crippen molar-refractivity contribution in [2.45, 2.75) is 19.8 Å². The lowest BCUT2D eigenvalue weighted by Crippen LogP contribution is -2.20. The van der Waals surface area contributed by atoms with E-state index in [-0.39, 0.29) is 17.3 Å². The highest BCUT2D eigenvalue weighted by atomic mass is 16.1. The molecule has 1 aromatic carbocycles. The Morgan fingerprint density at radius 2 is 1.76 bits per heavy atom. The molecule has 0 unspecified atom stereocenters. The summed E-state index contributed by atoms with van der Waals surface area (Å²) in [4.78, 5) is 32.1. The second-order valence-corrected chi connectivity index (χ2v) is 4.99. The van der Waals surface area contributed by atoms with Crippen LogP contribution in [-0.2, 0) is 12.8 Å². The topological polar surface area (TPSA) is 59.9 Å². The van der Waals surface area contributed by atoms with Crippen LogP contribution in [0.1, 0.15) is 38.9 Å². The van der Waals surface area contributed by atoms with Crippen LogP contribution >= 0.6 is 0 Å². The third-order valence-corrected chi connectivity index (χ3v) is 3.61. The first-order chi connectivity index (χ1) is 10.2. The van der Waals surface area contributed by atoms with Crippen LogP contribution < -0.4 is 0 Å². The molecule has 0 N–H and O–H groups in total. The predicted octanol–water partition coefficient (Wildman–Crippen LogP) is 2.59. The predicted molar refractivity (Wildman–Crippen MR) is 78.3 cm³/mol. The van der Waals surface area contributed by atoms with E-state index in [9.17, 15) is 9.59 Å². The first-order valence-corrected chi connectivity index (χ1v) is 6.86. The first kappa shape index (κ1) is 13.4. The average molecular weight is 278 g/mol. The summed E-state index contributed by atoms with van der Waals surface area (Å²) in [5, 5.41) is 0. The van der Waals surface area contributed by atoms with E-state index in [1.165, 1.54) is 24.2 Å². The maximum absolute atomic E-state index is 12.4. The van der Waals surface area contributed by atoms with E-state index in [2.05, 4.69) is 16.9 Å². The molecule has 0 fully saturated rings. The fourth-order valence-electron chi connectivity index (χ4n) is 2.40. The molecule has 0 spiro atoms. The number of carbonyl (C=O) groups excluding carboxylic acids is 2. The van der Waals surface area contributed by atoms with Crippen molar-refractivity contribution in [1.29, 1.82) is 0 Å². The number of Topliss-reactive ketones (excluding diaryl/α,β-unsaturated/α-hetero) is 1. The third kappa shape index (κ3) is 2.52. The van der Waals surface area contributed by atoms with Crippen LogP contribution in [0.4, 0.5) is 0 Å². The Labute approximate surface area is 122 Å². The number of carbonyl (C=O) groups is 2. The van der Waals surface area contributed by atoms with Gasteiger partial charge in [0, 0.05) is 18.2 Å². The van der Waals surface area contributed by atoms with Crippen LogP contribution in [0.2, 0.25) is 0 Å². The molecule has 0 saturated heterocycles. The number of allylic oxidation sites excluding steroid dienone is 2. The maximum atomic E-state index is 12.4. The van der Waals surface area contributed by atoms with E-state index in [1.54, 1.807) is 0 Å². The summed E-state index contributed by atoms with van der Waals surface area (Å²) in [6.45, 7) is 2.10. The molecule has 21 heavy (non-hydrogen) atoms. The van der Waals surface area contributed by atoms with Gasteiger partial charge >= 0.3 is 0 Å². The number of aromatic nitrogens is 2. The van der Waals surface area contributed by atoms with Crippen molar-refractivity contribution >= 4 is 11.6 Å². The Bertz CT molecular complexity index is 746. The highest BCUT2D eigenvalue weighted by Gasteiger charge is 2.26. The highest BCUT2D eigenvalue weighted by Crippen LogP contribution is 2.21. The number of rotatable bonds is 3. The van der Waals surface area contributed by atoms with Gasteiger partial charge in [0.2, 0.25) is 5.78 Å². The van der Waals surface area contributed by atoms with Gasteiger partial charge in [0.25, 0.3) is 0 Å². The Balaban J connectivity index is 1.89. The van der Waals surface area contributed by atoms with Crippen LogP contribution in [0.25, 0.3) is 0 Å². The number of ketones is 2. The number of benzene rings is 1. The van der Waals surface area contributed by atoms with Crippen LogP contribution in [-0.4, -0.2) is 21.5 Å². The van der Waals surface area contributed by atoms with E-state index in [1.807, 2.05) is 24.3 Å². The third-order valence-electron chi connectivity index (χ3n) is 3.61. The number of aryl methyl sites for hydroxylation is 1. The van der Waals surface area contributed by atoms with Crippen LogP contribution in [0, 0.1) is 0 Å². The Morgan fingerprint density at radius 3 is 2.48 bits per heavy atom. The van der Waals surface area contributed by atoms with Gasteiger partial charge in [-0.1, -0.05) is 31.2 Å². The average Bonchev–Trinajstić information content (AvgIpc) is 2.53. The zero-order valence-corrected chi connectivity index (χ0v) is 11.7. The van der Waals surface area contributed by atoms with Crippen molar-refractivity contribution in [3.8, 4) is 0 Å². The molecular weight excluding hydrogens is 264 g/mol. The number of hydrogen-bond acceptors (Lipinski definition) is 4. The second-order valence-electron chi connectivity index (χ2n) is 4.99. The molecular formula is C17H14N2O2. The lowest BCUT2D eigenvalue weighted by atomic mass is 9.90. The summed E-state index contributed by atoms with van der Waals surface area (Å²) in [7, 11) is 0. The summed E-state index contributed by atoms with van der Waals surface area (Å²) >= 11 is 0. The van der Waals surface area contributed by atoms with Gasteiger partial charge in [0.05, 0.1) is 5.56 Å². The summed E-state index contributed by atoms with van der Waals surface area (Å²) < 4.78 is 0. The van der Waals surface area contributed by atoms with Gasteiger partial charge in [-0.2, -0.15) is 0 Å². The lowest BCUT2D eigenvalue weighted by molar-refractivity contribution is 0.0978. The molecule has 0 bridgehead atoms. The minimum absolute atomic E-state index is 0.162. The Kier molecular flexibility index (Phi) is 3.44. The van der Waals surface area contributed by atoms with Gasteiger partial charge in [-0.3, -0.25) is 9.59 Å². The molecule has 3 rings (SSSR count). The van der Waals surface area contributed by atoms with E-state index in [0.717, 1.165) is 12.0 Å². The monoisotopic (exact) mass is 278 g/mol. The molecule has 1 aliphatic rings. The second kappa shape index (κ2) is 5.40. The normalized spacial score (nSPS) is 13.9. The number of nitrogens with zero attached hydrogens (tertiary/aromatic N) is 2. The summed E-state index contributed by atoms with van der Waals surface area (Å²) in [5.41, 5.74) is 3.24. The largest absolute Gasteiger partial charge is 0.289 e. The molecule has 0 amide bonds. The maximum Gasteiger partial charge on any atom is 0.205 e. The highest BCUT2D eigenvalue weighted by molar-refractivity contribution is 6.23. The van der Waals surface area contributed by atoms with E-state index >= 15 is 0 Å².